The minimum atomic E-state index is -4.55. The van der Waals surface area contributed by atoms with Gasteiger partial charge in [0, 0.05) is 11.3 Å². The number of hydrazone groups is 1. The zero-order valence-corrected chi connectivity index (χ0v) is 13.1. The minimum Gasteiger partial charge on any atom is -0.318 e. The summed E-state index contributed by atoms with van der Waals surface area (Å²) in [6, 6.07) is 11.5. The fourth-order valence-corrected chi connectivity index (χ4v) is 1.99. The predicted molar refractivity (Wildman–Crippen MR) is 87.0 cm³/mol. The Labute approximate surface area is 141 Å². The topological polar surface area (TPSA) is 70.6 Å². The summed E-state index contributed by atoms with van der Waals surface area (Å²) in [7, 11) is 0. The molecular weight excluding hydrogens is 335 g/mol. The molecule has 0 saturated carbocycles. The van der Waals surface area contributed by atoms with Gasteiger partial charge in [0.1, 0.15) is 0 Å². The van der Waals surface area contributed by atoms with Crippen LogP contribution < -0.4 is 10.7 Å². The zero-order valence-electron chi connectivity index (χ0n) is 13.1. The number of benzene rings is 2. The molecule has 5 nitrogen and oxygen atoms in total. The van der Waals surface area contributed by atoms with Crippen LogP contribution in [0.3, 0.4) is 0 Å². The third kappa shape index (κ3) is 5.17. The molecule has 25 heavy (non-hydrogen) atoms. The standard InChI is InChI=1S/C17H14F3N3O2/c1-11-5-4-7-13(9-11)22-15(24)16(25)23-21-10-12-6-2-3-8-14(12)17(18,19)20/h2-10H,1H3,(H,22,24)(H,23,25). The largest absolute Gasteiger partial charge is 0.417 e. The van der Waals surface area contributed by atoms with Gasteiger partial charge in [-0.3, -0.25) is 9.59 Å². The Morgan fingerprint density at radius 1 is 1.04 bits per heavy atom. The van der Waals surface area contributed by atoms with Crippen molar-refractivity contribution in [2.45, 2.75) is 13.1 Å². The number of alkyl halides is 3. The van der Waals surface area contributed by atoms with Crippen LogP contribution in [0.15, 0.2) is 53.6 Å². The Kier molecular flexibility index (Phi) is 5.53. The van der Waals surface area contributed by atoms with E-state index in [0.29, 0.717) is 5.69 Å². The van der Waals surface area contributed by atoms with E-state index in [1.54, 1.807) is 18.2 Å². The number of halogens is 3. The molecule has 0 spiro atoms. The summed E-state index contributed by atoms with van der Waals surface area (Å²) in [6.07, 6.45) is -3.71. The van der Waals surface area contributed by atoms with Gasteiger partial charge in [0.05, 0.1) is 11.8 Å². The van der Waals surface area contributed by atoms with Gasteiger partial charge in [-0.1, -0.05) is 30.3 Å². The van der Waals surface area contributed by atoms with E-state index < -0.39 is 23.6 Å². The van der Waals surface area contributed by atoms with Crippen LogP contribution in [-0.4, -0.2) is 18.0 Å². The molecule has 2 aromatic carbocycles. The van der Waals surface area contributed by atoms with Crippen molar-refractivity contribution in [3.05, 3.63) is 65.2 Å². The number of carbonyl (C=O) groups excluding carboxylic acids is 2. The number of hydrogen-bond donors (Lipinski definition) is 2. The Balaban J connectivity index is 2.00. The second kappa shape index (κ2) is 7.61. The third-order valence-electron chi connectivity index (χ3n) is 3.12. The molecule has 0 aromatic heterocycles. The molecule has 0 aliphatic heterocycles. The van der Waals surface area contributed by atoms with Gasteiger partial charge in [0.25, 0.3) is 0 Å². The van der Waals surface area contributed by atoms with E-state index in [1.807, 2.05) is 18.4 Å². The SMILES string of the molecule is Cc1cccc(NC(=O)C(=O)NN=Cc2ccccc2C(F)(F)F)c1. The third-order valence-corrected chi connectivity index (χ3v) is 3.12. The number of hydrogen-bond acceptors (Lipinski definition) is 3. The maximum atomic E-state index is 12.8. The van der Waals surface area contributed by atoms with Gasteiger partial charge in [-0.2, -0.15) is 18.3 Å². The monoisotopic (exact) mass is 349 g/mol. The van der Waals surface area contributed by atoms with E-state index in [0.717, 1.165) is 17.8 Å². The smallest absolute Gasteiger partial charge is 0.318 e. The molecule has 0 radical (unpaired) electrons. The normalized spacial score (nSPS) is 11.4. The molecule has 0 fully saturated rings. The van der Waals surface area contributed by atoms with E-state index in [4.69, 9.17) is 0 Å². The molecule has 0 bridgehead atoms. The number of nitrogens with one attached hydrogen (secondary N) is 2. The van der Waals surface area contributed by atoms with Crippen LogP contribution in [0, 0.1) is 6.92 Å². The summed E-state index contributed by atoms with van der Waals surface area (Å²) in [5.74, 6) is -2.07. The van der Waals surface area contributed by atoms with Gasteiger partial charge >= 0.3 is 18.0 Å². The molecule has 2 amide bonds. The van der Waals surface area contributed by atoms with E-state index in [2.05, 4.69) is 10.4 Å². The highest BCUT2D eigenvalue weighted by atomic mass is 19.4. The highest BCUT2D eigenvalue weighted by molar-refractivity contribution is 6.39. The lowest BCUT2D eigenvalue weighted by Crippen LogP contribution is -2.32. The molecule has 130 valence electrons. The minimum absolute atomic E-state index is 0.227. The number of anilines is 1. The van der Waals surface area contributed by atoms with Crippen molar-refractivity contribution < 1.29 is 22.8 Å². The van der Waals surface area contributed by atoms with Crippen LogP contribution in [-0.2, 0) is 15.8 Å². The lowest BCUT2D eigenvalue weighted by molar-refractivity contribution is -0.137. The number of aryl methyl sites for hydroxylation is 1. The molecule has 0 aliphatic carbocycles. The van der Waals surface area contributed by atoms with Gasteiger partial charge in [0.15, 0.2) is 0 Å². The van der Waals surface area contributed by atoms with Crippen molar-refractivity contribution in [3.63, 3.8) is 0 Å². The molecule has 0 unspecified atom stereocenters. The molecule has 0 atom stereocenters. The Bertz CT molecular complexity index is 817. The Hall–Kier alpha value is -3.16. The summed E-state index contributed by atoms with van der Waals surface area (Å²) < 4.78 is 38.5. The molecule has 0 heterocycles. The number of carbonyl (C=O) groups is 2. The first-order valence-corrected chi connectivity index (χ1v) is 7.14. The number of nitrogens with zero attached hydrogens (tertiary/aromatic N) is 1. The van der Waals surface area contributed by atoms with Crippen LogP contribution in [0.1, 0.15) is 16.7 Å². The first-order valence-electron chi connectivity index (χ1n) is 7.14. The quantitative estimate of drug-likeness (QED) is 0.508. The summed E-state index contributed by atoms with van der Waals surface area (Å²) in [6.45, 7) is 1.82. The second-order valence-corrected chi connectivity index (χ2v) is 5.11. The van der Waals surface area contributed by atoms with Crippen LogP contribution in [0.4, 0.5) is 18.9 Å². The van der Waals surface area contributed by atoms with Gasteiger partial charge in [-0.15, -0.1) is 0 Å². The van der Waals surface area contributed by atoms with Crippen molar-refractivity contribution in [2.24, 2.45) is 5.10 Å². The van der Waals surface area contributed by atoms with Crippen LogP contribution in [0.5, 0.6) is 0 Å². The fourth-order valence-electron chi connectivity index (χ4n) is 1.99. The first kappa shape index (κ1) is 18.2. The fraction of sp³-hybridized carbons (Fsp3) is 0.118. The predicted octanol–water partition coefficient (Wildman–Crippen LogP) is 3.10. The average molecular weight is 349 g/mol. The summed E-state index contributed by atoms with van der Waals surface area (Å²) >= 11 is 0. The van der Waals surface area contributed by atoms with E-state index in [-0.39, 0.29) is 5.56 Å². The average Bonchev–Trinajstić information content (AvgIpc) is 2.54. The number of rotatable bonds is 3. The Morgan fingerprint density at radius 3 is 2.44 bits per heavy atom. The molecular formula is C17H14F3N3O2. The highest BCUT2D eigenvalue weighted by Crippen LogP contribution is 2.30. The Morgan fingerprint density at radius 2 is 1.76 bits per heavy atom. The first-order chi connectivity index (χ1) is 11.8. The van der Waals surface area contributed by atoms with Gasteiger partial charge in [-0.25, -0.2) is 5.43 Å². The highest BCUT2D eigenvalue weighted by Gasteiger charge is 2.32. The van der Waals surface area contributed by atoms with E-state index >= 15 is 0 Å². The van der Waals surface area contributed by atoms with Crippen molar-refractivity contribution >= 4 is 23.7 Å². The molecule has 2 N–H and O–H groups in total. The van der Waals surface area contributed by atoms with Gasteiger partial charge in [0.2, 0.25) is 0 Å². The van der Waals surface area contributed by atoms with Crippen LogP contribution in [0.2, 0.25) is 0 Å². The lowest BCUT2D eigenvalue weighted by Gasteiger charge is -2.09. The number of amides is 2. The van der Waals surface area contributed by atoms with Crippen molar-refractivity contribution in [3.8, 4) is 0 Å². The van der Waals surface area contributed by atoms with Crippen LogP contribution in [0.25, 0.3) is 0 Å². The molecule has 0 aliphatic rings. The van der Waals surface area contributed by atoms with Gasteiger partial charge < -0.3 is 5.32 Å². The molecule has 2 aromatic rings. The van der Waals surface area contributed by atoms with Crippen LogP contribution >= 0.6 is 0 Å². The molecule has 0 saturated heterocycles. The molecule has 2 rings (SSSR count). The van der Waals surface area contributed by atoms with Crippen molar-refractivity contribution in [2.75, 3.05) is 5.32 Å². The lowest BCUT2D eigenvalue weighted by atomic mass is 10.1. The second-order valence-electron chi connectivity index (χ2n) is 5.11. The van der Waals surface area contributed by atoms with Gasteiger partial charge in [-0.05, 0) is 30.7 Å². The zero-order chi connectivity index (χ0) is 18.4. The van der Waals surface area contributed by atoms with E-state index in [9.17, 15) is 22.8 Å². The maximum absolute atomic E-state index is 12.8. The summed E-state index contributed by atoms with van der Waals surface area (Å²) in [5, 5.41) is 5.77. The summed E-state index contributed by atoms with van der Waals surface area (Å²) in [4.78, 5) is 23.4. The van der Waals surface area contributed by atoms with E-state index in [1.165, 1.54) is 18.2 Å². The van der Waals surface area contributed by atoms with Crippen molar-refractivity contribution in [1.29, 1.82) is 0 Å². The molecule has 8 heteroatoms. The maximum Gasteiger partial charge on any atom is 0.417 e. The van der Waals surface area contributed by atoms with Crippen molar-refractivity contribution in [1.82, 2.24) is 5.43 Å². The summed E-state index contributed by atoms with van der Waals surface area (Å²) in [5.41, 5.74) is 2.09.